The largest absolute Gasteiger partial charge is 0.497 e. The lowest BCUT2D eigenvalue weighted by Gasteiger charge is -2.22. The van der Waals surface area contributed by atoms with Gasteiger partial charge in [0.05, 0.1) is 24.9 Å². The monoisotopic (exact) mass is 456 g/mol. The SMILES string of the molecule is COc1ccc(C2CC(c3ccccc3)=NN2C(=O)CCC(=O)NC(C)c2ccncc2)cc1. The third-order valence-corrected chi connectivity index (χ3v) is 5.92. The molecule has 1 aromatic heterocycles. The Balaban J connectivity index is 1.45. The van der Waals surface area contributed by atoms with E-state index in [-0.39, 0.29) is 36.7 Å². The first kappa shape index (κ1) is 23.2. The number of nitrogens with zero attached hydrogens (tertiary/aromatic N) is 3. The fourth-order valence-electron chi connectivity index (χ4n) is 4.02. The first-order valence-electron chi connectivity index (χ1n) is 11.3. The molecule has 2 unspecified atom stereocenters. The molecule has 1 N–H and O–H groups in total. The second-order valence-electron chi connectivity index (χ2n) is 8.21. The van der Waals surface area contributed by atoms with Crippen LogP contribution in [-0.2, 0) is 9.59 Å². The maximum Gasteiger partial charge on any atom is 0.243 e. The molecule has 174 valence electrons. The minimum Gasteiger partial charge on any atom is -0.497 e. The molecule has 2 atom stereocenters. The molecule has 7 nitrogen and oxygen atoms in total. The highest BCUT2D eigenvalue weighted by Gasteiger charge is 2.33. The Hall–Kier alpha value is -4.00. The Morgan fingerprint density at radius 3 is 2.41 bits per heavy atom. The number of hydrogen-bond acceptors (Lipinski definition) is 5. The summed E-state index contributed by atoms with van der Waals surface area (Å²) in [5, 5.41) is 9.15. The zero-order chi connectivity index (χ0) is 23.9. The van der Waals surface area contributed by atoms with Gasteiger partial charge < -0.3 is 10.1 Å². The number of carbonyl (C=O) groups excluding carboxylic acids is 2. The van der Waals surface area contributed by atoms with Crippen LogP contribution in [0.5, 0.6) is 5.75 Å². The average Bonchev–Trinajstić information content (AvgIpc) is 3.34. The second kappa shape index (κ2) is 10.7. The van der Waals surface area contributed by atoms with Crippen molar-refractivity contribution in [2.75, 3.05) is 7.11 Å². The molecule has 2 heterocycles. The Morgan fingerprint density at radius 2 is 1.74 bits per heavy atom. The molecule has 1 aliphatic rings. The topological polar surface area (TPSA) is 83.9 Å². The zero-order valence-corrected chi connectivity index (χ0v) is 19.3. The fourth-order valence-corrected chi connectivity index (χ4v) is 4.02. The smallest absolute Gasteiger partial charge is 0.243 e. The van der Waals surface area contributed by atoms with Gasteiger partial charge in [-0.15, -0.1) is 0 Å². The highest BCUT2D eigenvalue weighted by atomic mass is 16.5. The maximum atomic E-state index is 13.2. The first-order valence-corrected chi connectivity index (χ1v) is 11.3. The number of carbonyl (C=O) groups is 2. The number of aromatic nitrogens is 1. The minimum atomic E-state index is -0.229. The van der Waals surface area contributed by atoms with E-state index in [9.17, 15) is 9.59 Å². The number of benzene rings is 2. The van der Waals surface area contributed by atoms with Crippen LogP contribution < -0.4 is 10.1 Å². The van der Waals surface area contributed by atoms with Crippen molar-refractivity contribution in [3.63, 3.8) is 0 Å². The Bertz CT molecular complexity index is 1150. The molecule has 1 aliphatic heterocycles. The molecule has 0 spiro atoms. The Morgan fingerprint density at radius 1 is 1.03 bits per heavy atom. The molecule has 2 aromatic carbocycles. The first-order chi connectivity index (χ1) is 16.5. The van der Waals surface area contributed by atoms with Gasteiger partial charge in [0, 0.05) is 31.7 Å². The van der Waals surface area contributed by atoms with Gasteiger partial charge in [0.2, 0.25) is 11.8 Å². The summed E-state index contributed by atoms with van der Waals surface area (Å²) in [6.07, 6.45) is 4.16. The number of hydrazone groups is 1. The molecule has 4 rings (SSSR count). The van der Waals surface area contributed by atoms with Crippen LogP contribution in [0.2, 0.25) is 0 Å². The lowest BCUT2D eigenvalue weighted by Crippen LogP contribution is -2.30. The van der Waals surface area contributed by atoms with Crippen LogP contribution in [0, 0.1) is 0 Å². The highest BCUT2D eigenvalue weighted by molar-refractivity contribution is 6.03. The van der Waals surface area contributed by atoms with E-state index >= 15 is 0 Å². The summed E-state index contributed by atoms with van der Waals surface area (Å²) in [5.41, 5.74) is 3.77. The van der Waals surface area contributed by atoms with E-state index in [0.717, 1.165) is 28.2 Å². The standard InChI is InChI=1S/C27H28N4O3/c1-19(20-14-16-28-17-15-20)29-26(32)12-13-27(33)31-25(22-8-10-23(34-2)11-9-22)18-24(30-31)21-6-4-3-5-7-21/h3-11,14-17,19,25H,12-13,18H2,1-2H3,(H,29,32). The Labute approximate surface area is 199 Å². The van der Waals surface area contributed by atoms with E-state index in [0.29, 0.717) is 6.42 Å². The van der Waals surface area contributed by atoms with E-state index in [1.54, 1.807) is 19.5 Å². The molecule has 0 saturated heterocycles. The minimum absolute atomic E-state index is 0.0765. The van der Waals surface area contributed by atoms with Crippen molar-refractivity contribution in [3.05, 3.63) is 95.8 Å². The van der Waals surface area contributed by atoms with Crippen LogP contribution in [0.1, 0.15) is 55.0 Å². The number of methoxy groups -OCH3 is 1. The molecule has 0 fully saturated rings. The van der Waals surface area contributed by atoms with Gasteiger partial charge in [0.15, 0.2) is 0 Å². The van der Waals surface area contributed by atoms with Crippen molar-refractivity contribution in [3.8, 4) is 5.75 Å². The van der Waals surface area contributed by atoms with Crippen molar-refractivity contribution >= 4 is 17.5 Å². The molecule has 34 heavy (non-hydrogen) atoms. The summed E-state index contributed by atoms with van der Waals surface area (Å²) in [4.78, 5) is 29.7. The van der Waals surface area contributed by atoms with Gasteiger partial charge in [0.1, 0.15) is 5.75 Å². The van der Waals surface area contributed by atoms with Crippen LogP contribution in [0.4, 0.5) is 0 Å². The van der Waals surface area contributed by atoms with Gasteiger partial charge in [-0.3, -0.25) is 14.6 Å². The van der Waals surface area contributed by atoms with E-state index in [2.05, 4.69) is 15.4 Å². The van der Waals surface area contributed by atoms with Gasteiger partial charge >= 0.3 is 0 Å². The molecule has 7 heteroatoms. The number of amides is 2. The van der Waals surface area contributed by atoms with Gasteiger partial charge in [-0.25, -0.2) is 5.01 Å². The van der Waals surface area contributed by atoms with E-state index < -0.39 is 0 Å². The van der Waals surface area contributed by atoms with Crippen LogP contribution in [0.25, 0.3) is 0 Å². The van der Waals surface area contributed by atoms with Gasteiger partial charge in [0.25, 0.3) is 0 Å². The molecule has 0 bridgehead atoms. The molecule has 0 radical (unpaired) electrons. The van der Waals surface area contributed by atoms with Crippen molar-refractivity contribution in [1.82, 2.24) is 15.3 Å². The summed E-state index contributed by atoms with van der Waals surface area (Å²) in [6, 6.07) is 20.9. The maximum absolute atomic E-state index is 13.2. The van der Waals surface area contributed by atoms with Crippen LogP contribution in [0.3, 0.4) is 0 Å². The summed E-state index contributed by atoms with van der Waals surface area (Å²) >= 11 is 0. The number of rotatable bonds is 8. The number of nitrogens with one attached hydrogen (secondary N) is 1. The van der Waals surface area contributed by atoms with Crippen LogP contribution in [-0.4, -0.2) is 34.6 Å². The van der Waals surface area contributed by atoms with E-state index in [4.69, 9.17) is 4.74 Å². The van der Waals surface area contributed by atoms with E-state index in [1.165, 1.54) is 5.01 Å². The fraction of sp³-hybridized carbons (Fsp3) is 0.259. The van der Waals surface area contributed by atoms with Crippen molar-refractivity contribution in [1.29, 1.82) is 0 Å². The van der Waals surface area contributed by atoms with Crippen LogP contribution >= 0.6 is 0 Å². The molecular formula is C27H28N4O3. The normalized spacial score (nSPS) is 16.0. The third kappa shape index (κ3) is 5.49. The van der Waals surface area contributed by atoms with E-state index in [1.807, 2.05) is 73.7 Å². The third-order valence-electron chi connectivity index (χ3n) is 5.92. The van der Waals surface area contributed by atoms with Gasteiger partial charge in [-0.05, 0) is 47.9 Å². The van der Waals surface area contributed by atoms with Gasteiger partial charge in [-0.2, -0.15) is 5.10 Å². The predicted octanol–water partition coefficient (Wildman–Crippen LogP) is 4.43. The lowest BCUT2D eigenvalue weighted by molar-refractivity contribution is -0.135. The lowest BCUT2D eigenvalue weighted by atomic mass is 9.98. The number of ether oxygens (including phenoxy) is 1. The molecule has 0 aliphatic carbocycles. The van der Waals surface area contributed by atoms with Crippen molar-refractivity contribution in [2.45, 2.75) is 38.3 Å². The van der Waals surface area contributed by atoms with Crippen molar-refractivity contribution in [2.24, 2.45) is 5.10 Å². The molecule has 0 saturated carbocycles. The average molecular weight is 457 g/mol. The predicted molar refractivity (Wildman–Crippen MR) is 130 cm³/mol. The van der Waals surface area contributed by atoms with Gasteiger partial charge in [-0.1, -0.05) is 42.5 Å². The molecule has 2 amide bonds. The summed E-state index contributed by atoms with van der Waals surface area (Å²) < 4.78 is 5.27. The number of hydrogen-bond donors (Lipinski definition) is 1. The van der Waals surface area contributed by atoms with Crippen molar-refractivity contribution < 1.29 is 14.3 Å². The summed E-state index contributed by atoms with van der Waals surface area (Å²) in [7, 11) is 1.62. The summed E-state index contributed by atoms with van der Waals surface area (Å²) in [5.74, 6) is 0.396. The van der Waals surface area contributed by atoms with Crippen LogP contribution in [0.15, 0.2) is 84.2 Å². The Kier molecular flexibility index (Phi) is 7.32. The highest BCUT2D eigenvalue weighted by Crippen LogP contribution is 2.34. The summed E-state index contributed by atoms with van der Waals surface area (Å²) in [6.45, 7) is 1.91. The number of pyridine rings is 1. The quantitative estimate of drug-likeness (QED) is 0.544. The molecule has 3 aromatic rings. The molecular weight excluding hydrogens is 428 g/mol. The second-order valence-corrected chi connectivity index (χ2v) is 8.21. The zero-order valence-electron chi connectivity index (χ0n) is 19.3.